The van der Waals surface area contributed by atoms with Crippen LogP contribution in [0.5, 0.6) is 5.75 Å². The maximum absolute atomic E-state index is 13.1. The molecule has 0 aliphatic heterocycles. The van der Waals surface area contributed by atoms with Crippen molar-refractivity contribution in [2.45, 2.75) is 31.6 Å². The van der Waals surface area contributed by atoms with Crippen LogP contribution in [0.4, 0.5) is 10.1 Å². The summed E-state index contributed by atoms with van der Waals surface area (Å²) in [6, 6.07) is 15.9. The lowest BCUT2D eigenvalue weighted by Crippen LogP contribution is -2.10. The monoisotopic (exact) mass is 423 g/mol. The molecule has 0 saturated carbocycles. The van der Waals surface area contributed by atoms with Gasteiger partial charge in [0.15, 0.2) is 0 Å². The molecular formula is C25H26FNO2S. The fourth-order valence-electron chi connectivity index (χ4n) is 3.34. The molecule has 3 aromatic carbocycles. The number of halogens is 1. The molecule has 0 bridgehead atoms. The predicted octanol–water partition coefficient (Wildman–Crippen LogP) is 5.93. The maximum atomic E-state index is 13.1. The molecule has 0 heterocycles. The van der Waals surface area contributed by atoms with E-state index in [1.807, 2.05) is 57.1 Å². The van der Waals surface area contributed by atoms with Gasteiger partial charge in [0.1, 0.15) is 11.6 Å². The lowest BCUT2D eigenvalue weighted by Gasteiger charge is -2.16. The van der Waals surface area contributed by atoms with Crippen LogP contribution in [-0.4, -0.2) is 24.3 Å². The first-order valence-electron chi connectivity index (χ1n) is 9.81. The Labute approximate surface area is 181 Å². The van der Waals surface area contributed by atoms with Gasteiger partial charge in [-0.05, 0) is 103 Å². The fraction of sp³-hybridized carbons (Fsp3) is 0.240. The number of hydrogen-bond donors (Lipinski definition) is 1. The number of aromatic hydroxyl groups is 1. The second kappa shape index (κ2) is 9.35. The van der Waals surface area contributed by atoms with Crippen LogP contribution in [0.1, 0.15) is 32.6 Å². The van der Waals surface area contributed by atoms with E-state index in [1.54, 1.807) is 12.1 Å². The molecule has 1 N–H and O–H groups in total. The molecule has 0 aromatic heterocycles. The highest BCUT2D eigenvalue weighted by Crippen LogP contribution is 2.28. The molecule has 3 aromatic rings. The standard InChI is InChI=1S/C25H26FNO2S/c1-16-11-18(12-17(2)24(16)28)5-6-19-13-20(15-22(14-19)27(3)4)25(29)30-23-9-7-21(26)8-10-23/h7-15,28H,5-6H2,1-4H3. The topological polar surface area (TPSA) is 40.5 Å². The van der Waals surface area contributed by atoms with E-state index in [0.717, 1.165) is 52.5 Å². The number of carbonyl (C=O) groups is 1. The van der Waals surface area contributed by atoms with Gasteiger partial charge < -0.3 is 10.0 Å². The van der Waals surface area contributed by atoms with Gasteiger partial charge in [0.25, 0.3) is 0 Å². The Balaban J connectivity index is 1.81. The fourth-order valence-corrected chi connectivity index (χ4v) is 4.06. The average Bonchev–Trinajstić information content (AvgIpc) is 2.71. The summed E-state index contributed by atoms with van der Waals surface area (Å²) in [5.74, 6) is 0.0300. The van der Waals surface area contributed by atoms with Crippen LogP contribution in [-0.2, 0) is 12.8 Å². The summed E-state index contributed by atoms with van der Waals surface area (Å²) in [6.45, 7) is 3.81. The van der Waals surface area contributed by atoms with Gasteiger partial charge in [-0.1, -0.05) is 12.1 Å². The summed E-state index contributed by atoms with van der Waals surface area (Å²) in [7, 11) is 3.90. The highest BCUT2D eigenvalue weighted by Gasteiger charge is 2.13. The predicted molar refractivity (Wildman–Crippen MR) is 122 cm³/mol. The van der Waals surface area contributed by atoms with E-state index in [1.165, 1.54) is 12.1 Å². The third-order valence-electron chi connectivity index (χ3n) is 5.01. The summed E-state index contributed by atoms with van der Waals surface area (Å²) in [4.78, 5) is 15.5. The Morgan fingerprint density at radius 2 is 1.50 bits per heavy atom. The molecule has 3 rings (SSSR count). The van der Waals surface area contributed by atoms with Crippen LogP contribution in [0.2, 0.25) is 0 Å². The summed E-state index contributed by atoms with van der Waals surface area (Å²) in [5.41, 5.74) is 5.58. The smallest absolute Gasteiger partial charge is 0.224 e. The largest absolute Gasteiger partial charge is 0.507 e. The van der Waals surface area contributed by atoms with E-state index in [4.69, 9.17) is 0 Å². The first-order valence-corrected chi connectivity index (χ1v) is 10.6. The molecule has 0 radical (unpaired) electrons. The van der Waals surface area contributed by atoms with Crippen molar-refractivity contribution in [3.63, 3.8) is 0 Å². The van der Waals surface area contributed by atoms with Crippen molar-refractivity contribution in [2.24, 2.45) is 0 Å². The number of carbonyl (C=O) groups excluding carboxylic acids is 1. The van der Waals surface area contributed by atoms with Crippen molar-refractivity contribution in [1.82, 2.24) is 0 Å². The van der Waals surface area contributed by atoms with Crippen LogP contribution in [0.25, 0.3) is 0 Å². The van der Waals surface area contributed by atoms with E-state index in [0.29, 0.717) is 16.2 Å². The molecule has 0 fully saturated rings. The quantitative estimate of drug-likeness (QED) is 0.499. The number of nitrogens with zero attached hydrogens (tertiary/aromatic N) is 1. The molecule has 0 aliphatic carbocycles. The van der Waals surface area contributed by atoms with Gasteiger partial charge in [0.05, 0.1) is 0 Å². The third kappa shape index (κ3) is 5.42. The van der Waals surface area contributed by atoms with E-state index in [2.05, 4.69) is 6.07 Å². The van der Waals surface area contributed by atoms with E-state index in [-0.39, 0.29) is 10.9 Å². The minimum atomic E-state index is -0.316. The maximum Gasteiger partial charge on any atom is 0.224 e. The van der Waals surface area contributed by atoms with Crippen LogP contribution >= 0.6 is 11.8 Å². The van der Waals surface area contributed by atoms with Crippen LogP contribution in [0, 0.1) is 19.7 Å². The molecule has 3 nitrogen and oxygen atoms in total. The molecule has 0 aliphatic rings. The second-order valence-electron chi connectivity index (χ2n) is 7.70. The molecule has 156 valence electrons. The summed E-state index contributed by atoms with van der Waals surface area (Å²) < 4.78 is 13.1. The average molecular weight is 424 g/mol. The number of rotatable bonds is 6. The molecule has 0 amide bonds. The SMILES string of the molecule is Cc1cc(CCc2cc(C(=O)Sc3ccc(F)cc3)cc(N(C)C)c2)cc(C)c1O. The van der Waals surface area contributed by atoms with Crippen LogP contribution < -0.4 is 4.90 Å². The first-order chi connectivity index (χ1) is 14.2. The number of thioether (sulfide) groups is 1. The van der Waals surface area contributed by atoms with Crippen molar-refractivity contribution in [2.75, 3.05) is 19.0 Å². The molecular weight excluding hydrogens is 397 g/mol. The first kappa shape index (κ1) is 21.9. The zero-order chi connectivity index (χ0) is 21.8. The highest BCUT2D eigenvalue weighted by molar-refractivity contribution is 8.14. The number of hydrogen-bond acceptors (Lipinski definition) is 4. The molecule has 0 saturated heterocycles. The number of benzene rings is 3. The zero-order valence-corrected chi connectivity index (χ0v) is 18.5. The van der Waals surface area contributed by atoms with Gasteiger partial charge in [-0.15, -0.1) is 0 Å². The van der Waals surface area contributed by atoms with Gasteiger partial charge in [-0.25, -0.2) is 4.39 Å². The molecule has 0 spiro atoms. The Kier molecular flexibility index (Phi) is 6.83. The Bertz CT molecular complexity index is 1040. The highest BCUT2D eigenvalue weighted by atomic mass is 32.2. The van der Waals surface area contributed by atoms with Gasteiger partial charge in [-0.3, -0.25) is 4.79 Å². The second-order valence-corrected chi connectivity index (χ2v) is 8.75. The number of phenolic OH excluding ortho intramolecular Hbond substituents is 1. The molecule has 5 heteroatoms. The van der Waals surface area contributed by atoms with Crippen LogP contribution in [0.15, 0.2) is 59.5 Å². The Hall–Kier alpha value is -2.79. The number of aryl methyl sites for hydroxylation is 4. The number of anilines is 1. The zero-order valence-electron chi connectivity index (χ0n) is 17.7. The van der Waals surface area contributed by atoms with Crippen molar-refractivity contribution >= 4 is 22.6 Å². The minimum Gasteiger partial charge on any atom is -0.507 e. The van der Waals surface area contributed by atoms with Crippen molar-refractivity contribution in [3.05, 3.63) is 88.2 Å². The van der Waals surface area contributed by atoms with Gasteiger partial charge in [-0.2, -0.15) is 0 Å². The molecule has 0 unspecified atom stereocenters. The minimum absolute atomic E-state index is 0.0668. The van der Waals surface area contributed by atoms with E-state index >= 15 is 0 Å². The summed E-state index contributed by atoms with van der Waals surface area (Å²) in [6.07, 6.45) is 1.60. The van der Waals surface area contributed by atoms with Crippen molar-refractivity contribution < 1.29 is 14.3 Å². The van der Waals surface area contributed by atoms with E-state index < -0.39 is 0 Å². The third-order valence-corrected chi connectivity index (χ3v) is 5.94. The normalized spacial score (nSPS) is 10.8. The lowest BCUT2D eigenvalue weighted by atomic mass is 9.98. The van der Waals surface area contributed by atoms with Crippen molar-refractivity contribution in [3.8, 4) is 5.75 Å². The van der Waals surface area contributed by atoms with Gasteiger partial charge in [0, 0.05) is 30.2 Å². The van der Waals surface area contributed by atoms with E-state index in [9.17, 15) is 14.3 Å². The van der Waals surface area contributed by atoms with Gasteiger partial charge >= 0.3 is 0 Å². The van der Waals surface area contributed by atoms with Gasteiger partial charge in [0.2, 0.25) is 5.12 Å². The lowest BCUT2D eigenvalue weighted by molar-refractivity contribution is 0.108. The Morgan fingerprint density at radius 3 is 2.07 bits per heavy atom. The summed E-state index contributed by atoms with van der Waals surface area (Å²) >= 11 is 1.10. The summed E-state index contributed by atoms with van der Waals surface area (Å²) in [5, 5.41) is 9.91. The molecule has 30 heavy (non-hydrogen) atoms. The molecule has 0 atom stereocenters. The number of phenols is 1. The Morgan fingerprint density at radius 1 is 0.933 bits per heavy atom. The van der Waals surface area contributed by atoms with Crippen LogP contribution in [0.3, 0.4) is 0 Å². The van der Waals surface area contributed by atoms with Crippen molar-refractivity contribution in [1.29, 1.82) is 0 Å².